The average molecular weight is 346 g/mol. The van der Waals surface area contributed by atoms with Crippen LogP contribution in [0.3, 0.4) is 0 Å². The van der Waals surface area contributed by atoms with E-state index in [2.05, 4.69) is 15.7 Å². The van der Waals surface area contributed by atoms with Crippen LogP contribution >= 0.6 is 0 Å². The monoisotopic (exact) mass is 346 g/mol. The summed E-state index contributed by atoms with van der Waals surface area (Å²) in [6.07, 6.45) is 7.24. The summed E-state index contributed by atoms with van der Waals surface area (Å²) in [6.45, 7) is 3.03. The minimum Gasteiger partial charge on any atom is -0.322 e. The van der Waals surface area contributed by atoms with E-state index in [1.54, 1.807) is 0 Å². The molecule has 0 unspecified atom stereocenters. The highest BCUT2D eigenvalue weighted by Crippen LogP contribution is 2.23. The lowest BCUT2D eigenvalue weighted by Gasteiger charge is -2.32. The van der Waals surface area contributed by atoms with Crippen LogP contribution in [0.5, 0.6) is 0 Å². The van der Waals surface area contributed by atoms with E-state index in [4.69, 9.17) is 0 Å². The van der Waals surface area contributed by atoms with Gasteiger partial charge in [-0.15, -0.1) is 0 Å². The number of rotatable bonds is 5. The molecule has 2 aromatic heterocycles. The molecule has 1 N–H and O–H groups in total. The van der Waals surface area contributed by atoms with Gasteiger partial charge in [-0.3, -0.25) is 4.90 Å². The smallest absolute Gasteiger partial charge is 0.208 e. The van der Waals surface area contributed by atoms with Gasteiger partial charge in [0.25, 0.3) is 0 Å². The summed E-state index contributed by atoms with van der Waals surface area (Å²) in [5.41, 5.74) is 2.69. The second kappa shape index (κ2) is 6.93. The Kier molecular flexibility index (Phi) is 4.90. The highest BCUT2D eigenvalue weighted by atomic mass is 32.2. The molecule has 0 aliphatic carbocycles. The number of sulfonamides is 1. The maximum Gasteiger partial charge on any atom is 0.208 e. The lowest BCUT2D eigenvalue weighted by Crippen LogP contribution is -2.40. The van der Waals surface area contributed by atoms with E-state index in [0.717, 1.165) is 49.1 Å². The van der Waals surface area contributed by atoms with Gasteiger partial charge in [0, 0.05) is 37.6 Å². The van der Waals surface area contributed by atoms with Crippen LogP contribution < -0.4 is 4.72 Å². The zero-order chi connectivity index (χ0) is 17.2. The van der Waals surface area contributed by atoms with Gasteiger partial charge in [-0.2, -0.15) is 5.26 Å². The Morgan fingerprint density at radius 2 is 2.25 bits per heavy atom. The van der Waals surface area contributed by atoms with Gasteiger partial charge in [-0.25, -0.2) is 13.1 Å². The van der Waals surface area contributed by atoms with Gasteiger partial charge in [0.1, 0.15) is 6.07 Å². The highest BCUT2D eigenvalue weighted by Gasteiger charge is 2.22. The first kappa shape index (κ1) is 17.0. The fourth-order valence-corrected chi connectivity index (χ4v) is 3.94. The zero-order valence-corrected chi connectivity index (χ0v) is 14.6. The summed E-state index contributed by atoms with van der Waals surface area (Å²) in [4.78, 5) is 2.31. The molecule has 6 nitrogen and oxygen atoms in total. The Labute approximate surface area is 142 Å². The molecule has 0 spiro atoms. The van der Waals surface area contributed by atoms with Crippen molar-refractivity contribution in [1.29, 1.82) is 5.26 Å². The Morgan fingerprint density at radius 1 is 1.42 bits per heavy atom. The number of pyridine rings is 1. The summed E-state index contributed by atoms with van der Waals surface area (Å²) in [7, 11) is -3.14. The van der Waals surface area contributed by atoms with Gasteiger partial charge in [0.15, 0.2) is 0 Å². The predicted octanol–water partition coefficient (Wildman–Crippen LogP) is 1.57. The second-order valence-electron chi connectivity index (χ2n) is 6.50. The van der Waals surface area contributed by atoms with Crippen LogP contribution in [-0.2, 0) is 16.6 Å². The molecule has 3 heterocycles. The molecule has 2 aromatic rings. The van der Waals surface area contributed by atoms with Crippen molar-refractivity contribution < 1.29 is 8.42 Å². The first-order chi connectivity index (χ1) is 11.5. The van der Waals surface area contributed by atoms with Crippen molar-refractivity contribution in [2.24, 2.45) is 5.92 Å². The van der Waals surface area contributed by atoms with Crippen molar-refractivity contribution in [3.8, 4) is 6.07 Å². The molecular formula is C17H22N4O2S. The van der Waals surface area contributed by atoms with E-state index in [-0.39, 0.29) is 0 Å². The maximum absolute atomic E-state index is 11.3. The Bertz CT molecular complexity index is 866. The summed E-state index contributed by atoms with van der Waals surface area (Å²) < 4.78 is 27.1. The second-order valence-corrected chi connectivity index (χ2v) is 8.33. The van der Waals surface area contributed by atoms with Crippen LogP contribution in [0.15, 0.2) is 30.6 Å². The van der Waals surface area contributed by atoms with Gasteiger partial charge in [-0.1, -0.05) is 6.07 Å². The first-order valence-electron chi connectivity index (χ1n) is 8.12. The molecule has 7 heteroatoms. The first-order valence-corrected chi connectivity index (χ1v) is 10.0. The number of piperidine rings is 1. The van der Waals surface area contributed by atoms with Gasteiger partial charge in [0.2, 0.25) is 10.0 Å². The van der Waals surface area contributed by atoms with Gasteiger partial charge in [0.05, 0.1) is 17.3 Å². The van der Waals surface area contributed by atoms with Crippen molar-refractivity contribution in [3.05, 3.63) is 41.7 Å². The fourth-order valence-electron chi connectivity index (χ4n) is 3.40. The molecule has 1 aliphatic heterocycles. The molecule has 0 amide bonds. The number of hydrogen-bond donors (Lipinski definition) is 1. The van der Waals surface area contributed by atoms with E-state index in [1.165, 1.54) is 6.26 Å². The van der Waals surface area contributed by atoms with Crippen molar-refractivity contribution >= 4 is 15.5 Å². The number of nitrogens with zero attached hydrogens (tertiary/aromatic N) is 3. The molecule has 1 fully saturated rings. The molecule has 1 saturated heterocycles. The van der Waals surface area contributed by atoms with Gasteiger partial charge in [-0.05, 0) is 37.4 Å². The van der Waals surface area contributed by atoms with Crippen LogP contribution in [0.25, 0.3) is 5.52 Å². The van der Waals surface area contributed by atoms with Crippen molar-refractivity contribution in [2.75, 3.05) is 25.9 Å². The van der Waals surface area contributed by atoms with Crippen LogP contribution in [0.4, 0.5) is 0 Å². The van der Waals surface area contributed by atoms with Crippen molar-refractivity contribution in [2.45, 2.75) is 19.4 Å². The average Bonchev–Trinajstić information content (AvgIpc) is 2.89. The Balaban J connectivity index is 1.71. The van der Waals surface area contributed by atoms with Crippen LogP contribution in [0, 0.1) is 17.2 Å². The molecule has 0 bridgehead atoms. The molecular weight excluding hydrogens is 324 g/mol. The summed E-state index contributed by atoms with van der Waals surface area (Å²) in [5.74, 6) is 0.316. The van der Waals surface area contributed by atoms with E-state index >= 15 is 0 Å². The SMILES string of the molecule is CS(=O)(=O)NC[C@@H]1CCCN(Cc2cn3ccccc3c2C#N)C1. The molecule has 0 radical (unpaired) electrons. The standard InChI is InChI=1S/C17H22N4O2S/c1-24(22,23)19-10-14-5-4-7-20(11-14)12-15-13-21-8-3-2-6-17(21)16(15)9-18/h2-3,6,8,13-14,19H,4-5,7,10-12H2,1H3/t14-/m0/s1. The third kappa shape index (κ3) is 3.96. The molecule has 24 heavy (non-hydrogen) atoms. The Hall–Kier alpha value is -1.88. The third-order valence-corrected chi connectivity index (χ3v) is 5.20. The van der Waals surface area contributed by atoms with E-state index < -0.39 is 10.0 Å². The molecule has 1 aliphatic rings. The van der Waals surface area contributed by atoms with Gasteiger partial charge < -0.3 is 4.40 Å². The minimum atomic E-state index is -3.14. The number of fused-ring (bicyclic) bond motifs is 1. The van der Waals surface area contributed by atoms with E-state index in [1.807, 2.05) is 35.0 Å². The molecule has 0 aromatic carbocycles. The summed E-state index contributed by atoms with van der Waals surface area (Å²) in [5, 5.41) is 9.50. The third-order valence-electron chi connectivity index (χ3n) is 4.51. The lowest BCUT2D eigenvalue weighted by molar-refractivity contribution is 0.169. The number of likely N-dealkylation sites (tertiary alicyclic amines) is 1. The topological polar surface area (TPSA) is 77.6 Å². The summed E-state index contributed by atoms with van der Waals surface area (Å²) >= 11 is 0. The quantitative estimate of drug-likeness (QED) is 0.891. The van der Waals surface area contributed by atoms with Crippen molar-refractivity contribution in [1.82, 2.24) is 14.0 Å². The maximum atomic E-state index is 11.3. The van der Waals surface area contributed by atoms with Crippen LogP contribution in [0.1, 0.15) is 24.0 Å². The number of hydrogen-bond acceptors (Lipinski definition) is 4. The van der Waals surface area contributed by atoms with Crippen molar-refractivity contribution in [3.63, 3.8) is 0 Å². The van der Waals surface area contributed by atoms with E-state index in [0.29, 0.717) is 12.5 Å². The van der Waals surface area contributed by atoms with Crippen LogP contribution in [-0.4, -0.2) is 43.6 Å². The van der Waals surface area contributed by atoms with Gasteiger partial charge >= 0.3 is 0 Å². The highest BCUT2D eigenvalue weighted by molar-refractivity contribution is 7.88. The normalized spacial score (nSPS) is 19.4. The summed E-state index contributed by atoms with van der Waals surface area (Å²) in [6, 6.07) is 8.17. The molecule has 1 atom stereocenters. The lowest BCUT2D eigenvalue weighted by atomic mass is 9.98. The fraction of sp³-hybridized carbons (Fsp3) is 0.471. The minimum absolute atomic E-state index is 0.316. The number of aromatic nitrogens is 1. The molecule has 0 saturated carbocycles. The molecule has 128 valence electrons. The predicted molar refractivity (Wildman–Crippen MR) is 93.0 cm³/mol. The molecule has 3 rings (SSSR count). The largest absolute Gasteiger partial charge is 0.322 e. The zero-order valence-electron chi connectivity index (χ0n) is 13.8. The Morgan fingerprint density at radius 3 is 3.00 bits per heavy atom. The number of nitriles is 1. The van der Waals surface area contributed by atoms with E-state index in [9.17, 15) is 13.7 Å². The number of nitrogens with one attached hydrogen (secondary N) is 1. The van der Waals surface area contributed by atoms with Crippen LogP contribution in [0.2, 0.25) is 0 Å².